The van der Waals surface area contributed by atoms with Crippen molar-refractivity contribution in [3.63, 3.8) is 0 Å². The molecule has 0 atom stereocenters. The van der Waals surface area contributed by atoms with Crippen LogP contribution in [0.25, 0.3) is 16.7 Å². The predicted molar refractivity (Wildman–Crippen MR) is 92.5 cm³/mol. The summed E-state index contributed by atoms with van der Waals surface area (Å²) in [7, 11) is 0. The van der Waals surface area contributed by atoms with E-state index in [1.54, 1.807) is 10.6 Å². The molecular formula is C18H15N5O. The molecule has 6 nitrogen and oxygen atoms in total. The van der Waals surface area contributed by atoms with E-state index >= 15 is 0 Å². The van der Waals surface area contributed by atoms with E-state index in [2.05, 4.69) is 15.3 Å². The van der Waals surface area contributed by atoms with Gasteiger partial charge in [0, 0.05) is 12.7 Å². The second-order valence-electron chi connectivity index (χ2n) is 5.47. The van der Waals surface area contributed by atoms with E-state index < -0.39 is 0 Å². The third-order valence-electron chi connectivity index (χ3n) is 3.85. The monoisotopic (exact) mass is 317 g/mol. The number of para-hydroxylation sites is 2. The zero-order valence-electron chi connectivity index (χ0n) is 12.8. The number of nitrogen functional groups attached to an aromatic ring is 1. The number of nitrogens with zero attached hydrogens (tertiary/aromatic N) is 3. The minimum Gasteiger partial charge on any atom is -0.381 e. The summed E-state index contributed by atoms with van der Waals surface area (Å²) in [6.07, 6.45) is 1.67. The maximum absolute atomic E-state index is 12.4. The van der Waals surface area contributed by atoms with Gasteiger partial charge in [-0.1, -0.05) is 42.5 Å². The van der Waals surface area contributed by atoms with E-state index in [1.807, 2.05) is 54.6 Å². The molecule has 4 rings (SSSR count). The Hall–Kier alpha value is -3.41. The fourth-order valence-electron chi connectivity index (χ4n) is 2.66. The molecule has 4 aromatic rings. The first-order chi connectivity index (χ1) is 11.7. The molecule has 0 bridgehead atoms. The molecule has 3 N–H and O–H groups in total. The molecule has 0 saturated heterocycles. The van der Waals surface area contributed by atoms with Crippen LogP contribution in [-0.4, -0.2) is 20.3 Å². The number of fused-ring (bicyclic) bond motifs is 3. The Bertz CT molecular complexity index is 1040. The number of rotatable bonds is 3. The molecule has 0 spiro atoms. The third kappa shape index (κ3) is 2.44. The predicted octanol–water partition coefficient (Wildman–Crippen LogP) is 2.39. The number of benzene rings is 2. The summed E-state index contributed by atoms with van der Waals surface area (Å²) in [4.78, 5) is 21.1. The number of carbonyl (C=O) groups is 1. The number of aromatic nitrogens is 3. The zero-order valence-corrected chi connectivity index (χ0v) is 12.8. The van der Waals surface area contributed by atoms with Crippen molar-refractivity contribution in [1.29, 1.82) is 0 Å². The lowest BCUT2D eigenvalue weighted by Crippen LogP contribution is -2.24. The highest BCUT2D eigenvalue weighted by Gasteiger charge is 2.14. The average Bonchev–Trinajstić information content (AvgIpc) is 3.00. The fraction of sp³-hybridized carbons (Fsp3) is 0.0556. The number of hydrogen-bond acceptors (Lipinski definition) is 4. The van der Waals surface area contributed by atoms with E-state index in [0.29, 0.717) is 12.2 Å². The van der Waals surface area contributed by atoms with Crippen molar-refractivity contribution in [3.05, 3.63) is 72.1 Å². The van der Waals surface area contributed by atoms with Crippen LogP contribution in [-0.2, 0) is 6.54 Å². The topological polar surface area (TPSA) is 85.3 Å². The van der Waals surface area contributed by atoms with E-state index in [-0.39, 0.29) is 17.4 Å². The maximum Gasteiger partial charge on any atom is 0.271 e. The molecule has 0 unspecified atom stereocenters. The van der Waals surface area contributed by atoms with Crippen molar-refractivity contribution in [1.82, 2.24) is 19.7 Å². The van der Waals surface area contributed by atoms with Crippen LogP contribution in [0.2, 0.25) is 0 Å². The van der Waals surface area contributed by atoms with Gasteiger partial charge in [-0.25, -0.2) is 9.97 Å². The van der Waals surface area contributed by atoms with Crippen LogP contribution in [0.5, 0.6) is 0 Å². The lowest BCUT2D eigenvalue weighted by atomic mass is 10.2. The molecule has 2 heterocycles. The molecule has 2 aromatic heterocycles. The quantitative estimate of drug-likeness (QED) is 0.607. The Kier molecular flexibility index (Phi) is 3.35. The van der Waals surface area contributed by atoms with Crippen LogP contribution >= 0.6 is 0 Å². The molecule has 0 aliphatic heterocycles. The fourth-order valence-corrected chi connectivity index (χ4v) is 2.66. The molecule has 2 aromatic carbocycles. The summed E-state index contributed by atoms with van der Waals surface area (Å²) >= 11 is 0. The SMILES string of the molecule is Nc1nc(C(=O)NCc2ccccc2)cn2c1nc1ccccc12. The normalized spacial score (nSPS) is 11.0. The van der Waals surface area contributed by atoms with Crippen LogP contribution in [0.4, 0.5) is 5.82 Å². The van der Waals surface area contributed by atoms with Gasteiger partial charge in [-0.3, -0.25) is 9.20 Å². The second kappa shape index (κ2) is 5.66. The summed E-state index contributed by atoms with van der Waals surface area (Å²) in [6, 6.07) is 17.4. The van der Waals surface area contributed by atoms with Crippen LogP contribution in [0, 0.1) is 0 Å². The molecule has 24 heavy (non-hydrogen) atoms. The summed E-state index contributed by atoms with van der Waals surface area (Å²) < 4.78 is 1.80. The Morgan fingerprint density at radius 3 is 2.62 bits per heavy atom. The molecule has 1 amide bonds. The summed E-state index contributed by atoms with van der Waals surface area (Å²) in [5, 5.41) is 2.86. The lowest BCUT2D eigenvalue weighted by molar-refractivity contribution is 0.0945. The van der Waals surface area contributed by atoms with Crippen LogP contribution in [0.15, 0.2) is 60.8 Å². The van der Waals surface area contributed by atoms with Crippen molar-refractivity contribution in [2.45, 2.75) is 6.54 Å². The largest absolute Gasteiger partial charge is 0.381 e. The zero-order chi connectivity index (χ0) is 16.5. The number of hydrogen-bond donors (Lipinski definition) is 2. The lowest BCUT2D eigenvalue weighted by Gasteiger charge is -2.07. The van der Waals surface area contributed by atoms with Gasteiger partial charge >= 0.3 is 0 Å². The van der Waals surface area contributed by atoms with Crippen molar-refractivity contribution >= 4 is 28.4 Å². The number of imidazole rings is 1. The minimum absolute atomic E-state index is 0.235. The number of carbonyl (C=O) groups excluding carboxylic acids is 1. The van der Waals surface area contributed by atoms with Crippen LogP contribution in [0.1, 0.15) is 16.1 Å². The number of amides is 1. The molecule has 118 valence electrons. The Balaban J connectivity index is 1.68. The third-order valence-corrected chi connectivity index (χ3v) is 3.85. The van der Waals surface area contributed by atoms with E-state index in [1.165, 1.54) is 0 Å². The van der Waals surface area contributed by atoms with Crippen molar-refractivity contribution < 1.29 is 4.79 Å². The van der Waals surface area contributed by atoms with Gasteiger partial charge in [-0.2, -0.15) is 0 Å². The first-order valence-corrected chi connectivity index (χ1v) is 7.58. The summed E-state index contributed by atoms with van der Waals surface area (Å²) in [5.41, 5.74) is 9.53. The summed E-state index contributed by atoms with van der Waals surface area (Å²) in [5.74, 6) is -0.0382. The Morgan fingerprint density at radius 1 is 1.04 bits per heavy atom. The van der Waals surface area contributed by atoms with Crippen LogP contribution < -0.4 is 11.1 Å². The average molecular weight is 317 g/mol. The van der Waals surface area contributed by atoms with Crippen molar-refractivity contribution in [3.8, 4) is 0 Å². The molecule has 6 heteroatoms. The minimum atomic E-state index is -0.273. The highest BCUT2D eigenvalue weighted by Crippen LogP contribution is 2.19. The van der Waals surface area contributed by atoms with Gasteiger partial charge in [0.1, 0.15) is 5.69 Å². The van der Waals surface area contributed by atoms with Gasteiger partial charge < -0.3 is 11.1 Å². The molecule has 0 radical (unpaired) electrons. The number of anilines is 1. The molecule has 0 aliphatic carbocycles. The molecule has 0 fully saturated rings. The van der Waals surface area contributed by atoms with Gasteiger partial charge in [0.2, 0.25) is 0 Å². The molecular weight excluding hydrogens is 302 g/mol. The summed E-state index contributed by atoms with van der Waals surface area (Å²) in [6.45, 7) is 0.434. The second-order valence-corrected chi connectivity index (χ2v) is 5.47. The highest BCUT2D eigenvalue weighted by atomic mass is 16.1. The van der Waals surface area contributed by atoms with Gasteiger partial charge in [0.15, 0.2) is 11.5 Å². The number of nitrogens with two attached hydrogens (primary N) is 1. The number of nitrogens with one attached hydrogen (secondary N) is 1. The van der Waals surface area contributed by atoms with E-state index in [9.17, 15) is 4.79 Å². The first-order valence-electron chi connectivity index (χ1n) is 7.58. The van der Waals surface area contributed by atoms with Gasteiger partial charge in [-0.05, 0) is 17.7 Å². The van der Waals surface area contributed by atoms with Crippen LogP contribution in [0.3, 0.4) is 0 Å². The van der Waals surface area contributed by atoms with Gasteiger partial charge in [-0.15, -0.1) is 0 Å². The smallest absolute Gasteiger partial charge is 0.271 e. The van der Waals surface area contributed by atoms with Gasteiger partial charge in [0.05, 0.1) is 11.0 Å². The van der Waals surface area contributed by atoms with E-state index in [4.69, 9.17) is 5.73 Å². The first kappa shape index (κ1) is 14.2. The van der Waals surface area contributed by atoms with E-state index in [0.717, 1.165) is 16.6 Å². The Labute approximate surface area is 138 Å². The van der Waals surface area contributed by atoms with Gasteiger partial charge in [0.25, 0.3) is 5.91 Å². The Morgan fingerprint density at radius 2 is 1.79 bits per heavy atom. The van der Waals surface area contributed by atoms with Crippen molar-refractivity contribution in [2.24, 2.45) is 0 Å². The van der Waals surface area contributed by atoms with Crippen molar-refractivity contribution in [2.75, 3.05) is 5.73 Å². The standard InChI is InChI=1S/C18H15N5O/c19-16-17-22-13-8-4-5-9-15(13)23(17)11-14(21-16)18(24)20-10-12-6-2-1-3-7-12/h1-9,11H,10H2,(H2,19,21)(H,20,24). The highest BCUT2D eigenvalue weighted by molar-refractivity contribution is 5.94. The molecule has 0 saturated carbocycles. The molecule has 0 aliphatic rings. The maximum atomic E-state index is 12.4.